The van der Waals surface area contributed by atoms with Gasteiger partial charge in [-0.3, -0.25) is 0 Å². The largest absolute Gasteiger partial charge is 0.434 e. The molecule has 20 heavy (non-hydrogen) atoms. The van der Waals surface area contributed by atoms with Crippen LogP contribution in [0.1, 0.15) is 11.5 Å². The number of aromatic nitrogens is 2. The third-order valence-corrected chi connectivity index (χ3v) is 4.20. The van der Waals surface area contributed by atoms with Gasteiger partial charge in [0.1, 0.15) is 12.9 Å². The molecular weight excluding hydrogens is 291 g/mol. The van der Waals surface area contributed by atoms with E-state index in [2.05, 4.69) is 29.8 Å². The molecule has 0 bridgehead atoms. The minimum absolute atomic E-state index is 0.0606. The van der Waals surface area contributed by atoms with Gasteiger partial charge in [0.05, 0.1) is 0 Å². The number of rotatable bonds is 6. The molecule has 0 aromatic carbocycles. The van der Waals surface area contributed by atoms with Crippen LogP contribution in [0, 0.1) is 0 Å². The summed E-state index contributed by atoms with van der Waals surface area (Å²) >= 11 is 0. The van der Waals surface area contributed by atoms with Crippen LogP contribution in [0.15, 0.2) is 11.4 Å². The van der Waals surface area contributed by atoms with Gasteiger partial charge in [0.2, 0.25) is 0 Å². The molecule has 0 saturated carbocycles. The number of ether oxygens (including phenoxy) is 1. The molecule has 0 aliphatic carbocycles. The first-order valence-electron chi connectivity index (χ1n) is 6.03. The Kier molecular flexibility index (Phi) is 5.34. The summed E-state index contributed by atoms with van der Waals surface area (Å²) in [6, 6.07) is 0.914. The molecule has 0 spiro atoms. The highest BCUT2D eigenvalue weighted by atomic mass is 28.3. The zero-order chi connectivity index (χ0) is 15.4. The summed E-state index contributed by atoms with van der Waals surface area (Å²) in [4.78, 5) is 3.36. The van der Waals surface area contributed by atoms with Crippen molar-refractivity contribution in [3.63, 3.8) is 0 Å². The van der Waals surface area contributed by atoms with Crippen LogP contribution >= 0.6 is 0 Å². The predicted octanol–water partition coefficient (Wildman–Crippen LogP) is 3.02. The molecule has 0 radical (unpaired) electrons. The molecule has 0 aliphatic rings. The zero-order valence-electron chi connectivity index (χ0n) is 11.6. The van der Waals surface area contributed by atoms with Crippen molar-refractivity contribution in [3.05, 3.63) is 17.7 Å². The molecule has 9 heteroatoms. The third kappa shape index (κ3) is 5.33. The lowest BCUT2D eigenvalue weighted by molar-refractivity contribution is -0.141. The molecule has 114 valence electrons. The Hall–Kier alpha value is -1.35. The molecule has 1 rings (SSSR count). The average molecular weight is 309 g/mol. The summed E-state index contributed by atoms with van der Waals surface area (Å²) < 4.78 is 44.2. The summed E-state index contributed by atoms with van der Waals surface area (Å²) in [5.74, 6) is -0.104. The van der Waals surface area contributed by atoms with Crippen LogP contribution in [0.25, 0.3) is 0 Å². The van der Waals surface area contributed by atoms with E-state index in [-0.39, 0.29) is 12.6 Å². The molecule has 5 nitrogen and oxygen atoms in total. The van der Waals surface area contributed by atoms with Crippen LogP contribution in [0.3, 0.4) is 0 Å². The van der Waals surface area contributed by atoms with Gasteiger partial charge in [0.15, 0.2) is 11.5 Å². The van der Waals surface area contributed by atoms with Crippen molar-refractivity contribution in [1.29, 1.82) is 0 Å². The number of hydrogen-bond acceptors (Lipinski definition) is 4. The molecule has 0 aliphatic heterocycles. The summed E-state index contributed by atoms with van der Waals surface area (Å²) in [7, 11) is -1.25. The lowest BCUT2D eigenvalue weighted by atomic mass is 10.5. The van der Waals surface area contributed by atoms with E-state index in [1.165, 1.54) is 0 Å². The second-order valence-corrected chi connectivity index (χ2v) is 11.2. The maximum Gasteiger partial charge on any atom is 0.434 e. The number of hydrogen-bond donors (Lipinski definition) is 1. The van der Waals surface area contributed by atoms with Gasteiger partial charge in [0, 0.05) is 20.9 Å². The highest BCUT2D eigenvalue weighted by Crippen LogP contribution is 2.28. The summed E-state index contributed by atoms with van der Waals surface area (Å²) in [5, 5.41) is 11.1. The van der Waals surface area contributed by atoms with Crippen molar-refractivity contribution in [3.8, 4) is 0 Å². The van der Waals surface area contributed by atoms with Crippen LogP contribution in [0.5, 0.6) is 0 Å². The number of nitrogens with zero attached hydrogens (tertiary/aromatic N) is 3. The fourth-order valence-corrected chi connectivity index (χ4v) is 2.12. The Labute approximate surface area is 116 Å². The van der Waals surface area contributed by atoms with Gasteiger partial charge in [-0.2, -0.15) is 13.2 Å². The standard InChI is InChI=1S/C11H18F3N3O2Si/c1-20(2,3)5-4-19-8-17-7-9(11(12,13)14)16-10(17)6-15-18/h6-7,18H,4-5,8H2,1-3H3. The number of halogens is 3. The van der Waals surface area contributed by atoms with Gasteiger partial charge in [0.25, 0.3) is 0 Å². The summed E-state index contributed by atoms with van der Waals surface area (Å²) in [6.07, 6.45) is -2.86. The maximum absolute atomic E-state index is 12.5. The minimum Gasteiger partial charge on any atom is -0.411 e. The van der Waals surface area contributed by atoms with Gasteiger partial charge < -0.3 is 14.5 Å². The Bertz CT molecular complexity index is 466. The van der Waals surface area contributed by atoms with Gasteiger partial charge in [-0.15, -0.1) is 0 Å². The summed E-state index contributed by atoms with van der Waals surface area (Å²) in [6.45, 7) is 6.96. The first-order valence-corrected chi connectivity index (χ1v) is 9.74. The van der Waals surface area contributed by atoms with Gasteiger partial charge in [-0.1, -0.05) is 24.8 Å². The van der Waals surface area contributed by atoms with Crippen LogP contribution in [-0.2, 0) is 17.6 Å². The smallest absolute Gasteiger partial charge is 0.411 e. The Morgan fingerprint density at radius 2 is 2.10 bits per heavy atom. The van der Waals surface area contributed by atoms with E-state index in [1.807, 2.05) is 0 Å². The molecule has 1 heterocycles. The molecule has 0 amide bonds. The van der Waals surface area contributed by atoms with E-state index in [0.717, 1.165) is 23.0 Å². The van der Waals surface area contributed by atoms with Crippen molar-refractivity contribution in [2.45, 2.75) is 38.6 Å². The fourth-order valence-electron chi connectivity index (χ4n) is 1.37. The second kappa shape index (κ2) is 6.40. The normalized spacial score (nSPS) is 13.3. The van der Waals surface area contributed by atoms with Crippen molar-refractivity contribution >= 4 is 14.3 Å². The molecule has 1 N–H and O–H groups in total. The predicted molar refractivity (Wildman–Crippen MR) is 70.7 cm³/mol. The number of oxime groups is 1. The molecule has 0 saturated heterocycles. The van der Waals surface area contributed by atoms with Crippen LogP contribution in [-0.4, -0.2) is 35.7 Å². The molecule has 0 unspecified atom stereocenters. The number of imidazole rings is 1. The van der Waals surface area contributed by atoms with E-state index in [1.54, 1.807) is 0 Å². The molecule has 1 aromatic heterocycles. The van der Waals surface area contributed by atoms with Crippen LogP contribution in [0.2, 0.25) is 25.7 Å². The Morgan fingerprint density at radius 3 is 2.60 bits per heavy atom. The topological polar surface area (TPSA) is 59.6 Å². The van der Waals surface area contributed by atoms with Crippen molar-refractivity contribution < 1.29 is 23.1 Å². The first kappa shape index (κ1) is 16.7. The molecule has 0 atom stereocenters. The van der Waals surface area contributed by atoms with Crippen molar-refractivity contribution in [2.75, 3.05) is 6.61 Å². The molecule has 0 fully saturated rings. The fraction of sp³-hybridized carbons (Fsp3) is 0.636. The lowest BCUT2D eigenvalue weighted by Gasteiger charge is -2.15. The lowest BCUT2D eigenvalue weighted by Crippen LogP contribution is -2.22. The Balaban J connectivity index is 2.71. The maximum atomic E-state index is 12.5. The quantitative estimate of drug-likeness (QED) is 0.289. The van der Waals surface area contributed by atoms with Crippen molar-refractivity contribution in [1.82, 2.24) is 9.55 Å². The van der Waals surface area contributed by atoms with Crippen LogP contribution in [0.4, 0.5) is 13.2 Å². The Morgan fingerprint density at radius 1 is 1.45 bits per heavy atom. The number of alkyl halides is 3. The SMILES string of the molecule is C[Si](C)(C)CCOCn1cc(C(F)(F)F)nc1C=NO. The molecular formula is C11H18F3N3O2Si. The minimum atomic E-state index is -4.54. The first-order chi connectivity index (χ1) is 9.13. The van der Waals surface area contributed by atoms with E-state index >= 15 is 0 Å². The zero-order valence-corrected chi connectivity index (χ0v) is 12.6. The average Bonchev–Trinajstić information content (AvgIpc) is 2.67. The van der Waals surface area contributed by atoms with Crippen molar-refractivity contribution in [2.24, 2.45) is 5.16 Å². The van der Waals surface area contributed by atoms with Gasteiger partial charge >= 0.3 is 6.18 Å². The van der Waals surface area contributed by atoms with E-state index in [4.69, 9.17) is 9.94 Å². The second-order valence-electron chi connectivity index (χ2n) is 5.54. The van der Waals surface area contributed by atoms with E-state index in [9.17, 15) is 13.2 Å². The highest BCUT2D eigenvalue weighted by Gasteiger charge is 2.34. The van der Waals surface area contributed by atoms with Crippen LogP contribution < -0.4 is 0 Å². The van der Waals surface area contributed by atoms with Gasteiger partial charge in [-0.25, -0.2) is 4.98 Å². The highest BCUT2D eigenvalue weighted by molar-refractivity contribution is 6.76. The molecule has 1 aromatic rings. The summed E-state index contributed by atoms with van der Waals surface area (Å²) in [5.41, 5.74) is -1.04. The van der Waals surface area contributed by atoms with Gasteiger partial charge in [-0.05, 0) is 6.04 Å². The monoisotopic (exact) mass is 309 g/mol. The van der Waals surface area contributed by atoms with E-state index in [0.29, 0.717) is 6.61 Å². The third-order valence-electron chi connectivity index (χ3n) is 2.50. The van der Waals surface area contributed by atoms with E-state index < -0.39 is 19.9 Å².